The highest BCUT2D eigenvalue weighted by Crippen LogP contribution is 2.29. The summed E-state index contributed by atoms with van der Waals surface area (Å²) in [6, 6.07) is 14.8. The van der Waals surface area contributed by atoms with Crippen molar-refractivity contribution in [2.75, 3.05) is 0 Å². The molecule has 104 valence electrons. The van der Waals surface area contributed by atoms with E-state index < -0.39 is 11.9 Å². The second-order valence-electron chi connectivity index (χ2n) is 4.59. The van der Waals surface area contributed by atoms with E-state index in [4.69, 9.17) is 23.2 Å². The molecule has 0 heterocycles. The molecule has 2 rings (SSSR count). The van der Waals surface area contributed by atoms with Gasteiger partial charge in [-0.3, -0.25) is 4.79 Å². The minimum absolute atomic E-state index is 0.384. The number of carboxylic acids is 1. The van der Waals surface area contributed by atoms with Gasteiger partial charge >= 0.3 is 5.97 Å². The fraction of sp³-hybridized carbons (Fsp3) is 0.188. The maximum Gasteiger partial charge on any atom is 0.310 e. The maximum atomic E-state index is 11.4. The lowest BCUT2D eigenvalue weighted by atomic mass is 9.92. The van der Waals surface area contributed by atoms with Crippen molar-refractivity contribution >= 4 is 29.2 Å². The zero-order valence-corrected chi connectivity index (χ0v) is 12.2. The van der Waals surface area contributed by atoms with Crippen LogP contribution >= 0.6 is 23.2 Å². The molecule has 0 aliphatic rings. The van der Waals surface area contributed by atoms with Crippen LogP contribution in [0.15, 0.2) is 48.5 Å². The van der Waals surface area contributed by atoms with Crippen LogP contribution in [0.25, 0.3) is 0 Å². The number of carboxylic acid groups (broad SMARTS) is 1. The lowest BCUT2D eigenvalue weighted by Gasteiger charge is -2.13. The van der Waals surface area contributed by atoms with Crippen LogP contribution in [-0.2, 0) is 11.2 Å². The third kappa shape index (κ3) is 3.75. The van der Waals surface area contributed by atoms with Gasteiger partial charge in [-0.05, 0) is 36.1 Å². The Labute approximate surface area is 128 Å². The van der Waals surface area contributed by atoms with Crippen molar-refractivity contribution < 1.29 is 9.90 Å². The molecule has 2 nitrogen and oxygen atoms in total. The van der Waals surface area contributed by atoms with Gasteiger partial charge in [0.2, 0.25) is 0 Å². The van der Waals surface area contributed by atoms with Gasteiger partial charge in [0, 0.05) is 0 Å². The average molecular weight is 309 g/mol. The molecule has 2 aromatic rings. The smallest absolute Gasteiger partial charge is 0.310 e. The minimum Gasteiger partial charge on any atom is -0.481 e. The monoisotopic (exact) mass is 308 g/mol. The molecule has 0 bridgehead atoms. The summed E-state index contributed by atoms with van der Waals surface area (Å²) in [6.07, 6.45) is 1.23. The molecule has 1 N–H and O–H groups in total. The fourth-order valence-electron chi connectivity index (χ4n) is 2.12. The van der Waals surface area contributed by atoms with E-state index in [-0.39, 0.29) is 0 Å². The standard InChI is InChI=1S/C16H14Cl2O2/c17-14-9-7-12(10-15(14)18)13(16(19)20)8-6-11-4-2-1-3-5-11/h1-5,7,9-10,13H,6,8H2,(H,19,20). The molecular formula is C16H14Cl2O2. The fourth-order valence-corrected chi connectivity index (χ4v) is 2.42. The van der Waals surface area contributed by atoms with Gasteiger partial charge in [-0.1, -0.05) is 59.6 Å². The second-order valence-corrected chi connectivity index (χ2v) is 5.40. The molecule has 0 aliphatic carbocycles. The molecule has 0 fully saturated rings. The molecule has 0 aromatic heterocycles. The van der Waals surface area contributed by atoms with Crippen molar-refractivity contribution in [2.24, 2.45) is 0 Å². The van der Waals surface area contributed by atoms with Crippen LogP contribution in [0.5, 0.6) is 0 Å². The van der Waals surface area contributed by atoms with E-state index in [1.165, 1.54) is 0 Å². The summed E-state index contributed by atoms with van der Waals surface area (Å²) in [5.41, 5.74) is 1.81. The number of rotatable bonds is 5. The Morgan fingerprint density at radius 1 is 1.05 bits per heavy atom. The molecule has 0 saturated heterocycles. The van der Waals surface area contributed by atoms with Crippen LogP contribution in [0, 0.1) is 0 Å². The van der Waals surface area contributed by atoms with Gasteiger partial charge in [-0.15, -0.1) is 0 Å². The zero-order valence-electron chi connectivity index (χ0n) is 10.7. The van der Waals surface area contributed by atoms with E-state index in [0.717, 1.165) is 5.56 Å². The number of aryl methyl sites for hydroxylation is 1. The van der Waals surface area contributed by atoms with Crippen LogP contribution in [-0.4, -0.2) is 11.1 Å². The summed E-state index contributed by atoms with van der Waals surface area (Å²) < 4.78 is 0. The quantitative estimate of drug-likeness (QED) is 0.862. The molecular weight excluding hydrogens is 295 g/mol. The van der Waals surface area contributed by atoms with E-state index in [1.807, 2.05) is 30.3 Å². The van der Waals surface area contributed by atoms with Gasteiger partial charge in [-0.2, -0.15) is 0 Å². The van der Waals surface area contributed by atoms with Crippen molar-refractivity contribution in [2.45, 2.75) is 18.8 Å². The molecule has 0 amide bonds. The van der Waals surface area contributed by atoms with Crippen molar-refractivity contribution in [1.82, 2.24) is 0 Å². The summed E-state index contributed by atoms with van der Waals surface area (Å²) >= 11 is 11.8. The Morgan fingerprint density at radius 2 is 1.75 bits per heavy atom. The molecule has 0 aliphatic heterocycles. The van der Waals surface area contributed by atoms with Crippen LogP contribution in [0.4, 0.5) is 0 Å². The van der Waals surface area contributed by atoms with Crippen molar-refractivity contribution in [3.05, 3.63) is 69.7 Å². The molecule has 0 spiro atoms. The Bertz CT molecular complexity index is 597. The third-order valence-electron chi connectivity index (χ3n) is 3.21. The first-order valence-corrected chi connectivity index (χ1v) is 7.05. The highest BCUT2D eigenvalue weighted by Gasteiger charge is 2.20. The van der Waals surface area contributed by atoms with E-state index in [1.54, 1.807) is 18.2 Å². The molecule has 0 saturated carbocycles. The van der Waals surface area contributed by atoms with Crippen molar-refractivity contribution in [3.63, 3.8) is 0 Å². The summed E-state index contributed by atoms with van der Waals surface area (Å²) in [5.74, 6) is -1.43. The summed E-state index contributed by atoms with van der Waals surface area (Å²) in [7, 11) is 0. The van der Waals surface area contributed by atoms with Crippen LogP contribution in [0.1, 0.15) is 23.5 Å². The number of halogens is 2. The van der Waals surface area contributed by atoms with Crippen molar-refractivity contribution in [1.29, 1.82) is 0 Å². The van der Waals surface area contributed by atoms with Crippen LogP contribution in [0.3, 0.4) is 0 Å². The number of carbonyl (C=O) groups is 1. The third-order valence-corrected chi connectivity index (χ3v) is 3.95. The van der Waals surface area contributed by atoms with Crippen LogP contribution < -0.4 is 0 Å². The molecule has 1 atom stereocenters. The first-order chi connectivity index (χ1) is 9.58. The number of hydrogen-bond donors (Lipinski definition) is 1. The highest BCUT2D eigenvalue weighted by molar-refractivity contribution is 6.42. The van der Waals surface area contributed by atoms with Gasteiger partial charge in [0.1, 0.15) is 0 Å². The lowest BCUT2D eigenvalue weighted by molar-refractivity contribution is -0.138. The van der Waals surface area contributed by atoms with Gasteiger partial charge in [0.15, 0.2) is 0 Å². The molecule has 4 heteroatoms. The number of hydrogen-bond acceptors (Lipinski definition) is 1. The summed E-state index contributed by atoms with van der Waals surface area (Å²) in [4.78, 5) is 11.4. The SMILES string of the molecule is O=C(O)C(CCc1ccccc1)c1ccc(Cl)c(Cl)c1. The normalized spacial score (nSPS) is 12.1. The zero-order chi connectivity index (χ0) is 14.5. The van der Waals surface area contributed by atoms with Crippen LogP contribution in [0.2, 0.25) is 10.0 Å². The largest absolute Gasteiger partial charge is 0.481 e. The second kappa shape index (κ2) is 6.78. The highest BCUT2D eigenvalue weighted by atomic mass is 35.5. The van der Waals surface area contributed by atoms with Gasteiger partial charge in [0.05, 0.1) is 16.0 Å². The molecule has 20 heavy (non-hydrogen) atoms. The van der Waals surface area contributed by atoms with Gasteiger partial charge in [-0.25, -0.2) is 0 Å². The Balaban J connectivity index is 2.15. The first kappa shape index (κ1) is 14.9. The van der Waals surface area contributed by atoms with Gasteiger partial charge < -0.3 is 5.11 Å². The average Bonchev–Trinajstić information content (AvgIpc) is 2.43. The Hall–Kier alpha value is -1.51. The predicted octanol–water partition coefficient (Wildman–Crippen LogP) is 4.79. The van der Waals surface area contributed by atoms with Crippen molar-refractivity contribution in [3.8, 4) is 0 Å². The number of aliphatic carboxylic acids is 1. The van der Waals surface area contributed by atoms with E-state index in [9.17, 15) is 9.90 Å². The Morgan fingerprint density at radius 3 is 2.35 bits per heavy atom. The molecule has 1 unspecified atom stereocenters. The molecule has 0 radical (unpaired) electrons. The topological polar surface area (TPSA) is 37.3 Å². The molecule has 2 aromatic carbocycles. The predicted molar refractivity (Wildman–Crippen MR) is 81.6 cm³/mol. The van der Waals surface area contributed by atoms with Gasteiger partial charge in [0.25, 0.3) is 0 Å². The van der Waals surface area contributed by atoms with E-state index in [2.05, 4.69) is 0 Å². The van der Waals surface area contributed by atoms with E-state index in [0.29, 0.717) is 28.5 Å². The summed E-state index contributed by atoms with van der Waals surface area (Å²) in [6.45, 7) is 0. The number of benzene rings is 2. The maximum absolute atomic E-state index is 11.4. The first-order valence-electron chi connectivity index (χ1n) is 6.29. The summed E-state index contributed by atoms with van der Waals surface area (Å²) in [5, 5.41) is 10.2. The minimum atomic E-state index is -0.848. The lowest BCUT2D eigenvalue weighted by Crippen LogP contribution is -2.12. The Kier molecular flexibility index (Phi) is 5.05. The van der Waals surface area contributed by atoms with E-state index >= 15 is 0 Å².